The Kier molecular flexibility index (Phi) is 5.73. The number of rotatable bonds is 3. The van der Waals surface area contributed by atoms with E-state index in [1.807, 2.05) is 0 Å². The summed E-state index contributed by atoms with van der Waals surface area (Å²) >= 11 is 3.03. The molecule has 0 aliphatic heterocycles. The molecule has 0 N–H and O–H groups in total. The van der Waals surface area contributed by atoms with Gasteiger partial charge in [-0.2, -0.15) is 0 Å². The number of halogens is 3. The van der Waals surface area contributed by atoms with Gasteiger partial charge in [-0.3, -0.25) is 0 Å². The molecule has 0 unspecified atom stereocenters. The van der Waals surface area contributed by atoms with Gasteiger partial charge in [0.15, 0.2) is 0 Å². The number of hydrogen-bond acceptors (Lipinski definition) is 2. The first kappa shape index (κ1) is 17.9. The first-order valence-corrected chi connectivity index (χ1v) is 7.44. The Morgan fingerprint density at radius 3 is 2.29 bits per heavy atom. The normalized spacial score (nSPS) is 11.7. The molecule has 118 valence electrons. The van der Waals surface area contributed by atoms with Gasteiger partial charge >= 0.3 is 6.09 Å². The van der Waals surface area contributed by atoms with Crippen molar-refractivity contribution in [2.75, 3.05) is 0 Å². The highest BCUT2D eigenvalue weighted by Crippen LogP contribution is 2.26. The summed E-state index contributed by atoms with van der Waals surface area (Å²) in [7, 11) is 0. The summed E-state index contributed by atoms with van der Waals surface area (Å²) in [5.74, 6) is -1.14. The molecule has 0 radical (unpaired) electrons. The second-order valence-corrected chi connectivity index (χ2v) is 6.82. The first-order chi connectivity index (χ1) is 9.53. The van der Waals surface area contributed by atoms with Crippen LogP contribution in [0.3, 0.4) is 0 Å². The standard InChI is InChI=1S/C15H20BrF2NO2/c1-9(2)19(14(20)21-15(3,4)5)8-10-11(17)6-7-12(18)13(10)16/h6-7,9H,8H2,1-5H3. The maximum Gasteiger partial charge on any atom is 0.410 e. The van der Waals surface area contributed by atoms with E-state index in [0.29, 0.717) is 0 Å². The largest absolute Gasteiger partial charge is 0.444 e. The molecular weight excluding hydrogens is 344 g/mol. The average molecular weight is 364 g/mol. The number of benzene rings is 1. The summed E-state index contributed by atoms with van der Waals surface area (Å²) < 4.78 is 32.7. The fourth-order valence-corrected chi connectivity index (χ4v) is 2.11. The number of ether oxygens (including phenoxy) is 1. The van der Waals surface area contributed by atoms with Crippen LogP contribution in [0.1, 0.15) is 40.2 Å². The third kappa shape index (κ3) is 4.95. The molecule has 0 saturated carbocycles. The summed E-state index contributed by atoms with van der Waals surface area (Å²) in [6.45, 7) is 8.76. The molecular formula is C15H20BrF2NO2. The van der Waals surface area contributed by atoms with Crippen molar-refractivity contribution in [2.45, 2.75) is 52.8 Å². The Labute approximate surface area is 132 Å². The van der Waals surface area contributed by atoms with Crippen molar-refractivity contribution in [2.24, 2.45) is 0 Å². The molecule has 0 heterocycles. The van der Waals surface area contributed by atoms with Crippen LogP contribution < -0.4 is 0 Å². The van der Waals surface area contributed by atoms with E-state index < -0.39 is 23.3 Å². The van der Waals surface area contributed by atoms with Crippen LogP contribution in [0.15, 0.2) is 16.6 Å². The van der Waals surface area contributed by atoms with Gasteiger partial charge in [0.1, 0.15) is 17.2 Å². The van der Waals surface area contributed by atoms with E-state index in [1.165, 1.54) is 4.90 Å². The maximum atomic E-state index is 13.9. The van der Waals surface area contributed by atoms with Crippen molar-refractivity contribution in [3.05, 3.63) is 33.8 Å². The highest BCUT2D eigenvalue weighted by atomic mass is 79.9. The molecule has 21 heavy (non-hydrogen) atoms. The summed E-state index contributed by atoms with van der Waals surface area (Å²) in [4.78, 5) is 13.5. The first-order valence-electron chi connectivity index (χ1n) is 6.65. The van der Waals surface area contributed by atoms with Crippen molar-refractivity contribution in [3.8, 4) is 0 Å². The van der Waals surface area contributed by atoms with Gasteiger partial charge in [-0.15, -0.1) is 0 Å². The number of hydrogen-bond donors (Lipinski definition) is 0. The van der Waals surface area contributed by atoms with Gasteiger partial charge in [0, 0.05) is 11.6 Å². The Balaban J connectivity index is 3.05. The molecule has 0 aliphatic rings. The lowest BCUT2D eigenvalue weighted by Crippen LogP contribution is -2.40. The fourth-order valence-electron chi connectivity index (χ4n) is 1.66. The smallest absolute Gasteiger partial charge is 0.410 e. The zero-order chi connectivity index (χ0) is 16.4. The van der Waals surface area contributed by atoms with Crippen LogP contribution in [0.4, 0.5) is 13.6 Å². The lowest BCUT2D eigenvalue weighted by molar-refractivity contribution is 0.0169. The summed E-state index contributed by atoms with van der Waals surface area (Å²) in [6.07, 6.45) is -0.562. The minimum atomic E-state index is -0.651. The molecule has 0 bridgehead atoms. The van der Waals surface area contributed by atoms with Gasteiger partial charge in [0.25, 0.3) is 0 Å². The molecule has 0 spiro atoms. The SMILES string of the molecule is CC(C)N(Cc1c(F)ccc(F)c1Br)C(=O)OC(C)(C)C. The van der Waals surface area contributed by atoms with E-state index in [0.717, 1.165) is 12.1 Å². The number of amides is 1. The van der Waals surface area contributed by atoms with Crippen LogP contribution in [0.2, 0.25) is 0 Å². The van der Waals surface area contributed by atoms with Gasteiger partial charge in [-0.25, -0.2) is 13.6 Å². The summed E-state index contributed by atoms with van der Waals surface area (Å²) in [5.41, 5.74) is -0.559. The molecule has 1 rings (SSSR count). The molecule has 3 nitrogen and oxygen atoms in total. The zero-order valence-electron chi connectivity index (χ0n) is 12.8. The van der Waals surface area contributed by atoms with Crippen LogP contribution in [-0.4, -0.2) is 22.6 Å². The molecule has 1 amide bonds. The molecule has 0 atom stereocenters. The topological polar surface area (TPSA) is 29.5 Å². The van der Waals surface area contributed by atoms with E-state index in [4.69, 9.17) is 4.74 Å². The highest BCUT2D eigenvalue weighted by molar-refractivity contribution is 9.10. The summed E-state index contributed by atoms with van der Waals surface area (Å²) in [6, 6.07) is 1.87. The fraction of sp³-hybridized carbons (Fsp3) is 0.533. The molecule has 0 aliphatic carbocycles. The predicted molar refractivity (Wildman–Crippen MR) is 81.0 cm³/mol. The molecule has 0 fully saturated rings. The van der Waals surface area contributed by atoms with Crippen LogP contribution >= 0.6 is 15.9 Å². The van der Waals surface area contributed by atoms with Crippen LogP contribution in [0.5, 0.6) is 0 Å². The lowest BCUT2D eigenvalue weighted by atomic mass is 10.1. The summed E-state index contributed by atoms with van der Waals surface area (Å²) in [5, 5.41) is 0. The van der Waals surface area contributed by atoms with E-state index in [2.05, 4.69) is 15.9 Å². The maximum absolute atomic E-state index is 13.9. The van der Waals surface area contributed by atoms with E-state index >= 15 is 0 Å². The molecule has 0 aromatic heterocycles. The Morgan fingerprint density at radius 1 is 1.29 bits per heavy atom. The van der Waals surface area contributed by atoms with Crippen LogP contribution in [-0.2, 0) is 11.3 Å². The Bertz CT molecular complexity index is 527. The van der Waals surface area contributed by atoms with Gasteiger partial charge in [0.05, 0.1) is 11.0 Å². The third-order valence-electron chi connectivity index (χ3n) is 2.72. The molecule has 1 aromatic carbocycles. The third-order valence-corrected chi connectivity index (χ3v) is 3.58. The quantitative estimate of drug-likeness (QED) is 0.716. The Morgan fingerprint density at radius 2 is 1.81 bits per heavy atom. The molecule has 0 saturated heterocycles. The second-order valence-electron chi connectivity index (χ2n) is 6.02. The van der Waals surface area contributed by atoms with E-state index in [1.54, 1.807) is 34.6 Å². The lowest BCUT2D eigenvalue weighted by Gasteiger charge is -2.30. The number of carbonyl (C=O) groups excluding carboxylic acids is 1. The van der Waals surface area contributed by atoms with E-state index in [-0.39, 0.29) is 22.6 Å². The minimum Gasteiger partial charge on any atom is -0.444 e. The zero-order valence-corrected chi connectivity index (χ0v) is 14.4. The predicted octanol–water partition coefficient (Wildman–Crippen LogP) is 4.87. The van der Waals surface area contributed by atoms with Gasteiger partial charge in [-0.05, 0) is 62.7 Å². The van der Waals surface area contributed by atoms with Crippen molar-refractivity contribution < 1.29 is 18.3 Å². The van der Waals surface area contributed by atoms with Crippen molar-refractivity contribution >= 4 is 22.0 Å². The minimum absolute atomic E-state index is 0.0247. The van der Waals surface area contributed by atoms with Gasteiger partial charge in [0.2, 0.25) is 0 Å². The van der Waals surface area contributed by atoms with Crippen molar-refractivity contribution in [1.29, 1.82) is 0 Å². The van der Waals surface area contributed by atoms with E-state index in [9.17, 15) is 13.6 Å². The highest BCUT2D eigenvalue weighted by Gasteiger charge is 2.26. The number of carbonyl (C=O) groups is 1. The van der Waals surface area contributed by atoms with Gasteiger partial charge < -0.3 is 9.64 Å². The monoisotopic (exact) mass is 363 g/mol. The van der Waals surface area contributed by atoms with Gasteiger partial charge in [-0.1, -0.05) is 0 Å². The van der Waals surface area contributed by atoms with Crippen molar-refractivity contribution in [3.63, 3.8) is 0 Å². The second kappa shape index (κ2) is 6.73. The molecule has 1 aromatic rings. The van der Waals surface area contributed by atoms with Crippen molar-refractivity contribution in [1.82, 2.24) is 4.90 Å². The van der Waals surface area contributed by atoms with Crippen LogP contribution in [0, 0.1) is 11.6 Å². The van der Waals surface area contributed by atoms with Crippen LogP contribution in [0.25, 0.3) is 0 Å². The number of nitrogens with zero attached hydrogens (tertiary/aromatic N) is 1. The average Bonchev–Trinajstić information content (AvgIpc) is 2.31. The Hall–Kier alpha value is -1.17. The molecule has 6 heteroatoms.